The lowest BCUT2D eigenvalue weighted by atomic mass is 10.2. The molecule has 0 saturated carbocycles. The Kier molecular flexibility index (Phi) is 4.86. The molecule has 9 heteroatoms. The van der Waals surface area contributed by atoms with E-state index in [1.807, 2.05) is 0 Å². The fourth-order valence-corrected chi connectivity index (χ4v) is 3.19. The standard InChI is InChI=1S/C12H14N4O3S2/c1-2-6-21(18,19)16-10-5-3-4-9(7-10)11(17)14-12-15-13-8-20-12/h3-5,7-8,16H,2,6H2,1H3,(H,14,15,17). The molecule has 21 heavy (non-hydrogen) atoms. The highest BCUT2D eigenvalue weighted by atomic mass is 32.2. The van der Waals surface area contributed by atoms with Crippen molar-refractivity contribution in [1.82, 2.24) is 10.2 Å². The van der Waals surface area contributed by atoms with E-state index in [0.29, 0.717) is 22.8 Å². The number of nitrogens with one attached hydrogen (secondary N) is 2. The fraction of sp³-hybridized carbons (Fsp3) is 0.250. The second-order valence-electron chi connectivity index (χ2n) is 4.20. The van der Waals surface area contributed by atoms with E-state index in [-0.39, 0.29) is 11.7 Å². The first-order valence-electron chi connectivity index (χ1n) is 6.18. The van der Waals surface area contributed by atoms with Crippen LogP contribution in [-0.4, -0.2) is 30.3 Å². The summed E-state index contributed by atoms with van der Waals surface area (Å²) in [6.45, 7) is 1.78. The van der Waals surface area contributed by atoms with Gasteiger partial charge in [-0.1, -0.05) is 24.3 Å². The van der Waals surface area contributed by atoms with Crippen molar-refractivity contribution in [3.05, 3.63) is 35.3 Å². The summed E-state index contributed by atoms with van der Waals surface area (Å²) < 4.78 is 25.9. The minimum Gasteiger partial charge on any atom is -0.296 e. The molecule has 0 spiro atoms. The molecule has 0 bridgehead atoms. The van der Waals surface area contributed by atoms with Crippen LogP contribution < -0.4 is 10.0 Å². The molecule has 2 aromatic rings. The van der Waals surface area contributed by atoms with Gasteiger partial charge in [0.1, 0.15) is 5.51 Å². The number of benzene rings is 1. The number of nitrogens with zero attached hydrogens (tertiary/aromatic N) is 2. The van der Waals surface area contributed by atoms with Crippen LogP contribution in [0.4, 0.5) is 10.8 Å². The Balaban J connectivity index is 2.12. The molecule has 1 aromatic carbocycles. The Morgan fingerprint density at radius 3 is 2.86 bits per heavy atom. The average Bonchev–Trinajstić information content (AvgIpc) is 2.91. The Bertz CT molecular complexity index is 714. The number of sulfonamides is 1. The average molecular weight is 326 g/mol. The second-order valence-corrected chi connectivity index (χ2v) is 6.87. The van der Waals surface area contributed by atoms with Gasteiger partial charge in [0.05, 0.1) is 5.75 Å². The summed E-state index contributed by atoms with van der Waals surface area (Å²) in [5.74, 6) is -0.336. The van der Waals surface area contributed by atoms with Crippen LogP contribution in [0.2, 0.25) is 0 Å². The molecule has 0 aliphatic rings. The van der Waals surface area contributed by atoms with Gasteiger partial charge in [0.15, 0.2) is 0 Å². The summed E-state index contributed by atoms with van der Waals surface area (Å²) in [6.07, 6.45) is 0.520. The van der Waals surface area contributed by atoms with Gasteiger partial charge in [-0.05, 0) is 24.6 Å². The van der Waals surface area contributed by atoms with Crippen molar-refractivity contribution in [1.29, 1.82) is 0 Å². The van der Waals surface area contributed by atoms with E-state index in [4.69, 9.17) is 0 Å². The van der Waals surface area contributed by atoms with Gasteiger partial charge in [0.25, 0.3) is 5.91 Å². The van der Waals surface area contributed by atoms with Crippen molar-refractivity contribution < 1.29 is 13.2 Å². The number of aromatic nitrogens is 2. The highest BCUT2D eigenvalue weighted by Crippen LogP contribution is 2.15. The van der Waals surface area contributed by atoms with Crippen LogP contribution >= 0.6 is 11.3 Å². The normalized spacial score (nSPS) is 11.1. The summed E-state index contributed by atoms with van der Waals surface area (Å²) in [6, 6.07) is 6.27. The third-order valence-corrected chi connectivity index (χ3v) is 4.55. The quantitative estimate of drug-likeness (QED) is 0.845. The first-order chi connectivity index (χ1) is 10.00. The molecule has 1 heterocycles. The first-order valence-corrected chi connectivity index (χ1v) is 8.71. The van der Waals surface area contributed by atoms with Gasteiger partial charge < -0.3 is 0 Å². The lowest BCUT2D eigenvalue weighted by Crippen LogP contribution is -2.17. The van der Waals surface area contributed by atoms with Crippen molar-refractivity contribution in [2.45, 2.75) is 13.3 Å². The Morgan fingerprint density at radius 2 is 2.19 bits per heavy atom. The molecule has 0 atom stereocenters. The molecule has 112 valence electrons. The molecule has 0 aliphatic heterocycles. The number of carbonyl (C=O) groups is 1. The van der Waals surface area contributed by atoms with Crippen LogP contribution in [0.25, 0.3) is 0 Å². The van der Waals surface area contributed by atoms with Crippen LogP contribution in [0.5, 0.6) is 0 Å². The van der Waals surface area contributed by atoms with E-state index in [0.717, 1.165) is 0 Å². The topological polar surface area (TPSA) is 101 Å². The number of amides is 1. The van der Waals surface area contributed by atoms with Crippen molar-refractivity contribution in [3.63, 3.8) is 0 Å². The summed E-state index contributed by atoms with van der Waals surface area (Å²) in [5.41, 5.74) is 2.19. The Hall–Kier alpha value is -2.00. The molecule has 0 saturated heterocycles. The number of carbonyl (C=O) groups excluding carboxylic acids is 1. The zero-order valence-electron chi connectivity index (χ0n) is 11.2. The Labute approximate surface area is 126 Å². The van der Waals surface area contributed by atoms with Crippen LogP contribution in [0.15, 0.2) is 29.8 Å². The fourth-order valence-electron chi connectivity index (χ4n) is 1.62. The molecule has 0 fully saturated rings. The van der Waals surface area contributed by atoms with Crippen LogP contribution in [0.1, 0.15) is 23.7 Å². The monoisotopic (exact) mass is 326 g/mol. The molecule has 1 amide bonds. The number of rotatable bonds is 6. The van der Waals surface area contributed by atoms with Gasteiger partial charge in [-0.3, -0.25) is 14.8 Å². The molecule has 1 aromatic heterocycles. The van der Waals surface area contributed by atoms with E-state index >= 15 is 0 Å². The largest absolute Gasteiger partial charge is 0.296 e. The van der Waals surface area contributed by atoms with E-state index in [9.17, 15) is 13.2 Å². The summed E-state index contributed by atoms with van der Waals surface area (Å²) >= 11 is 1.20. The van der Waals surface area contributed by atoms with Crippen LogP contribution in [-0.2, 0) is 10.0 Å². The van der Waals surface area contributed by atoms with E-state index in [2.05, 4.69) is 20.2 Å². The zero-order valence-corrected chi connectivity index (χ0v) is 12.9. The summed E-state index contributed by atoms with van der Waals surface area (Å²) in [7, 11) is -3.38. The molecule has 7 nitrogen and oxygen atoms in total. The minimum absolute atomic E-state index is 0.0359. The van der Waals surface area contributed by atoms with Gasteiger partial charge >= 0.3 is 0 Å². The Morgan fingerprint density at radius 1 is 1.38 bits per heavy atom. The van der Waals surface area contributed by atoms with Gasteiger partial charge in [-0.2, -0.15) is 0 Å². The molecule has 2 rings (SSSR count). The SMILES string of the molecule is CCCS(=O)(=O)Nc1cccc(C(=O)Nc2nncs2)c1. The number of hydrogen-bond donors (Lipinski definition) is 2. The molecule has 0 radical (unpaired) electrons. The lowest BCUT2D eigenvalue weighted by Gasteiger charge is -2.08. The van der Waals surface area contributed by atoms with Crippen LogP contribution in [0, 0.1) is 0 Å². The third kappa shape index (κ3) is 4.50. The van der Waals surface area contributed by atoms with Gasteiger partial charge in [0.2, 0.25) is 15.2 Å². The van der Waals surface area contributed by atoms with E-state index < -0.39 is 10.0 Å². The minimum atomic E-state index is -3.38. The van der Waals surface area contributed by atoms with Crippen molar-refractivity contribution in [2.24, 2.45) is 0 Å². The predicted molar refractivity (Wildman–Crippen MR) is 82.0 cm³/mol. The smallest absolute Gasteiger partial charge is 0.257 e. The predicted octanol–water partition coefficient (Wildman–Crippen LogP) is 1.94. The number of anilines is 2. The third-order valence-electron chi connectivity index (χ3n) is 2.45. The number of hydrogen-bond acceptors (Lipinski definition) is 6. The highest BCUT2D eigenvalue weighted by Gasteiger charge is 2.12. The van der Waals surface area contributed by atoms with Gasteiger partial charge in [-0.25, -0.2) is 8.42 Å². The summed E-state index contributed by atoms with van der Waals surface area (Å²) in [4.78, 5) is 12.0. The maximum Gasteiger partial charge on any atom is 0.257 e. The van der Waals surface area contributed by atoms with Gasteiger partial charge in [-0.15, -0.1) is 10.2 Å². The lowest BCUT2D eigenvalue weighted by molar-refractivity contribution is 0.102. The van der Waals surface area contributed by atoms with E-state index in [1.54, 1.807) is 25.1 Å². The van der Waals surface area contributed by atoms with Crippen molar-refractivity contribution >= 4 is 38.1 Å². The molecule has 0 aliphatic carbocycles. The maximum atomic E-state index is 12.0. The van der Waals surface area contributed by atoms with Crippen LogP contribution in [0.3, 0.4) is 0 Å². The van der Waals surface area contributed by atoms with Crippen molar-refractivity contribution in [3.8, 4) is 0 Å². The second kappa shape index (κ2) is 6.64. The molecule has 2 N–H and O–H groups in total. The van der Waals surface area contributed by atoms with E-state index in [1.165, 1.54) is 22.9 Å². The zero-order chi connectivity index (χ0) is 15.3. The molecule has 0 unspecified atom stereocenters. The highest BCUT2D eigenvalue weighted by molar-refractivity contribution is 7.92. The van der Waals surface area contributed by atoms with Crippen molar-refractivity contribution in [2.75, 3.05) is 15.8 Å². The van der Waals surface area contributed by atoms with Gasteiger partial charge in [0, 0.05) is 11.3 Å². The molecular weight excluding hydrogens is 312 g/mol. The summed E-state index contributed by atoms with van der Waals surface area (Å²) in [5, 5.41) is 10.3. The molecular formula is C12H14N4O3S2. The first kappa shape index (κ1) is 15.4. The maximum absolute atomic E-state index is 12.0.